The summed E-state index contributed by atoms with van der Waals surface area (Å²) in [5.74, 6) is 0.312. The Morgan fingerprint density at radius 3 is 2.52 bits per heavy atom. The molecule has 1 heterocycles. The molecule has 162 valence electrons. The van der Waals surface area contributed by atoms with Crippen LogP contribution in [0, 0.1) is 6.92 Å². The van der Waals surface area contributed by atoms with Gasteiger partial charge in [-0.2, -0.15) is 0 Å². The van der Waals surface area contributed by atoms with E-state index in [0.29, 0.717) is 27.3 Å². The summed E-state index contributed by atoms with van der Waals surface area (Å²) in [5, 5.41) is 0. The van der Waals surface area contributed by atoms with Crippen LogP contribution in [0.25, 0.3) is 6.08 Å². The van der Waals surface area contributed by atoms with Gasteiger partial charge >= 0.3 is 5.97 Å². The molecule has 0 spiro atoms. The third-order valence-corrected chi connectivity index (χ3v) is 6.08. The van der Waals surface area contributed by atoms with Crippen molar-refractivity contribution in [3.05, 3.63) is 64.1 Å². The second kappa shape index (κ2) is 9.98. The maximum atomic E-state index is 12.8. The SMILES string of the molecule is COC(=O)[C@@H](C)N1C(=O)/C(=C/c2ccc(OCc3ccc(C)cc3)c(OC)c2)SC1=S. The van der Waals surface area contributed by atoms with Crippen LogP contribution in [0.1, 0.15) is 23.6 Å². The predicted molar refractivity (Wildman–Crippen MR) is 125 cm³/mol. The molecule has 2 aromatic rings. The minimum Gasteiger partial charge on any atom is -0.493 e. The van der Waals surface area contributed by atoms with E-state index in [4.69, 9.17) is 26.4 Å². The number of esters is 1. The molecule has 0 N–H and O–H groups in total. The molecule has 8 heteroatoms. The number of thiocarbonyl (C=S) groups is 1. The Hall–Kier alpha value is -2.84. The van der Waals surface area contributed by atoms with Gasteiger partial charge in [0.2, 0.25) is 0 Å². The van der Waals surface area contributed by atoms with Crippen LogP contribution in [0.4, 0.5) is 0 Å². The summed E-state index contributed by atoms with van der Waals surface area (Å²) in [6, 6.07) is 12.8. The number of methoxy groups -OCH3 is 2. The Kier molecular flexibility index (Phi) is 7.35. The summed E-state index contributed by atoms with van der Waals surface area (Å²) >= 11 is 6.44. The summed E-state index contributed by atoms with van der Waals surface area (Å²) in [7, 11) is 2.84. The number of carbonyl (C=O) groups excluding carboxylic acids is 2. The van der Waals surface area contributed by atoms with Crippen LogP contribution in [0.2, 0.25) is 0 Å². The minimum atomic E-state index is -0.782. The lowest BCUT2D eigenvalue weighted by Crippen LogP contribution is -2.42. The zero-order valence-electron chi connectivity index (χ0n) is 17.7. The van der Waals surface area contributed by atoms with E-state index in [2.05, 4.69) is 0 Å². The average Bonchev–Trinajstić information content (AvgIpc) is 3.05. The first-order valence-electron chi connectivity index (χ1n) is 9.55. The largest absolute Gasteiger partial charge is 0.493 e. The van der Waals surface area contributed by atoms with E-state index < -0.39 is 12.0 Å². The fourth-order valence-corrected chi connectivity index (χ4v) is 4.40. The third kappa shape index (κ3) is 5.26. The molecule has 3 rings (SSSR count). The van der Waals surface area contributed by atoms with Gasteiger partial charge in [-0.3, -0.25) is 9.69 Å². The highest BCUT2D eigenvalue weighted by Gasteiger charge is 2.38. The van der Waals surface area contributed by atoms with E-state index >= 15 is 0 Å². The maximum absolute atomic E-state index is 12.8. The van der Waals surface area contributed by atoms with Crippen LogP contribution in [0.3, 0.4) is 0 Å². The van der Waals surface area contributed by atoms with Crippen molar-refractivity contribution in [1.29, 1.82) is 0 Å². The van der Waals surface area contributed by atoms with Gasteiger partial charge in [0.1, 0.15) is 17.0 Å². The Balaban J connectivity index is 1.76. The lowest BCUT2D eigenvalue weighted by atomic mass is 10.1. The molecule has 1 aliphatic heterocycles. The molecule has 0 saturated carbocycles. The van der Waals surface area contributed by atoms with Crippen molar-refractivity contribution in [3.8, 4) is 11.5 Å². The van der Waals surface area contributed by atoms with Crippen LogP contribution < -0.4 is 9.47 Å². The van der Waals surface area contributed by atoms with Crippen LogP contribution >= 0.6 is 24.0 Å². The zero-order chi connectivity index (χ0) is 22.5. The van der Waals surface area contributed by atoms with Crippen LogP contribution in [-0.2, 0) is 20.9 Å². The Morgan fingerprint density at radius 2 is 1.87 bits per heavy atom. The second-order valence-electron chi connectivity index (χ2n) is 6.94. The van der Waals surface area contributed by atoms with Crippen molar-refractivity contribution in [2.75, 3.05) is 14.2 Å². The van der Waals surface area contributed by atoms with Crippen molar-refractivity contribution >= 4 is 46.3 Å². The Bertz CT molecular complexity index is 1030. The number of amides is 1. The van der Waals surface area contributed by atoms with Crippen molar-refractivity contribution < 1.29 is 23.8 Å². The first-order valence-corrected chi connectivity index (χ1v) is 10.8. The fraction of sp³-hybridized carbons (Fsp3) is 0.261. The molecule has 1 fully saturated rings. The lowest BCUT2D eigenvalue weighted by Gasteiger charge is -2.20. The number of hydrogen-bond acceptors (Lipinski definition) is 7. The molecule has 1 saturated heterocycles. The maximum Gasteiger partial charge on any atom is 0.328 e. The monoisotopic (exact) mass is 457 g/mol. The number of rotatable bonds is 7. The molecule has 0 aliphatic carbocycles. The molecule has 2 aromatic carbocycles. The number of nitrogens with zero attached hydrogens (tertiary/aromatic N) is 1. The molecule has 0 unspecified atom stereocenters. The number of thioether (sulfide) groups is 1. The van der Waals surface area contributed by atoms with E-state index in [-0.39, 0.29) is 5.91 Å². The molecular formula is C23H23NO5S2. The van der Waals surface area contributed by atoms with Gasteiger partial charge in [-0.05, 0) is 43.2 Å². The molecular weight excluding hydrogens is 434 g/mol. The summed E-state index contributed by atoms with van der Waals surface area (Å²) < 4.78 is 16.4. The number of aryl methyl sites for hydroxylation is 1. The van der Waals surface area contributed by atoms with Crippen LogP contribution in [0.15, 0.2) is 47.4 Å². The first kappa shape index (κ1) is 22.8. The second-order valence-corrected chi connectivity index (χ2v) is 8.61. The Morgan fingerprint density at radius 1 is 1.16 bits per heavy atom. The number of hydrogen-bond donors (Lipinski definition) is 0. The molecule has 31 heavy (non-hydrogen) atoms. The Labute approximate surface area is 191 Å². The predicted octanol–water partition coefficient (Wildman–Crippen LogP) is 4.35. The number of carbonyl (C=O) groups is 2. The molecule has 0 bridgehead atoms. The minimum absolute atomic E-state index is 0.319. The van der Waals surface area contributed by atoms with Gasteiger partial charge in [0.05, 0.1) is 19.1 Å². The highest BCUT2D eigenvalue weighted by molar-refractivity contribution is 8.26. The topological polar surface area (TPSA) is 65.1 Å². The van der Waals surface area contributed by atoms with Gasteiger partial charge in [0.25, 0.3) is 5.91 Å². The van der Waals surface area contributed by atoms with E-state index in [0.717, 1.165) is 22.9 Å². The summed E-state index contributed by atoms with van der Waals surface area (Å²) in [6.45, 7) is 4.04. The molecule has 1 amide bonds. The first-order chi connectivity index (χ1) is 14.8. The summed E-state index contributed by atoms with van der Waals surface area (Å²) in [6.07, 6.45) is 1.72. The zero-order valence-corrected chi connectivity index (χ0v) is 19.3. The van der Waals surface area contributed by atoms with Crippen LogP contribution in [0.5, 0.6) is 11.5 Å². The third-order valence-electron chi connectivity index (χ3n) is 4.75. The van der Waals surface area contributed by atoms with E-state index in [1.165, 1.54) is 17.6 Å². The van der Waals surface area contributed by atoms with E-state index in [1.54, 1.807) is 32.2 Å². The molecule has 1 atom stereocenters. The van der Waals surface area contributed by atoms with E-state index in [1.807, 2.05) is 37.3 Å². The fourth-order valence-electron chi connectivity index (χ4n) is 2.98. The highest BCUT2D eigenvalue weighted by atomic mass is 32.2. The molecule has 6 nitrogen and oxygen atoms in total. The number of benzene rings is 2. The van der Waals surface area contributed by atoms with Gasteiger partial charge in [0.15, 0.2) is 11.5 Å². The standard InChI is InChI=1S/C23H23NO5S2/c1-14-5-7-16(8-6-14)13-29-18-10-9-17(11-19(18)27-3)12-20-21(25)24(23(30)31-20)15(2)22(26)28-4/h5-12,15H,13H2,1-4H3/b20-12-/t15-/m1/s1. The van der Waals surface area contributed by atoms with Crippen molar-refractivity contribution in [2.45, 2.75) is 26.5 Å². The van der Waals surface area contributed by atoms with Crippen LogP contribution in [-0.4, -0.2) is 41.4 Å². The summed E-state index contributed by atoms with van der Waals surface area (Å²) in [5.41, 5.74) is 3.00. The quantitative estimate of drug-likeness (QED) is 0.348. The van der Waals surface area contributed by atoms with Crippen molar-refractivity contribution in [2.24, 2.45) is 0 Å². The van der Waals surface area contributed by atoms with E-state index in [9.17, 15) is 9.59 Å². The van der Waals surface area contributed by atoms with Gasteiger partial charge in [-0.25, -0.2) is 4.79 Å². The van der Waals surface area contributed by atoms with Gasteiger partial charge in [-0.1, -0.05) is 59.9 Å². The highest BCUT2D eigenvalue weighted by Crippen LogP contribution is 2.36. The van der Waals surface area contributed by atoms with Gasteiger partial charge in [0, 0.05) is 0 Å². The lowest BCUT2D eigenvalue weighted by molar-refractivity contribution is -0.147. The smallest absolute Gasteiger partial charge is 0.328 e. The molecule has 0 aromatic heterocycles. The van der Waals surface area contributed by atoms with Crippen molar-refractivity contribution in [1.82, 2.24) is 4.90 Å². The van der Waals surface area contributed by atoms with Crippen molar-refractivity contribution in [3.63, 3.8) is 0 Å². The normalized spacial score (nSPS) is 15.9. The van der Waals surface area contributed by atoms with Gasteiger partial charge < -0.3 is 14.2 Å². The van der Waals surface area contributed by atoms with Gasteiger partial charge in [-0.15, -0.1) is 0 Å². The number of ether oxygens (including phenoxy) is 3. The molecule has 1 aliphatic rings. The summed E-state index contributed by atoms with van der Waals surface area (Å²) in [4.78, 5) is 26.3. The average molecular weight is 458 g/mol. The molecule has 0 radical (unpaired) electrons.